The molecule has 3 unspecified atom stereocenters. The molecule has 2 heteroatoms. The predicted molar refractivity (Wildman–Crippen MR) is 59.0 cm³/mol. The van der Waals surface area contributed by atoms with E-state index < -0.39 is 0 Å². The third-order valence-corrected chi connectivity index (χ3v) is 3.12. The Morgan fingerprint density at radius 2 is 2.15 bits per heavy atom. The molecule has 1 aliphatic carbocycles. The van der Waals surface area contributed by atoms with Gasteiger partial charge in [0.25, 0.3) is 0 Å². The van der Waals surface area contributed by atoms with Crippen molar-refractivity contribution in [2.75, 3.05) is 6.54 Å². The van der Waals surface area contributed by atoms with Crippen LogP contribution in [0.1, 0.15) is 33.1 Å². The molecule has 1 aliphatic rings. The molecule has 1 nitrogen and oxygen atoms in total. The van der Waals surface area contributed by atoms with E-state index >= 15 is 0 Å². The van der Waals surface area contributed by atoms with Crippen molar-refractivity contribution in [1.29, 1.82) is 0 Å². The van der Waals surface area contributed by atoms with Crippen molar-refractivity contribution in [3.63, 3.8) is 0 Å². The maximum atomic E-state index is 5.72. The molecule has 3 atom stereocenters. The van der Waals surface area contributed by atoms with Gasteiger partial charge >= 0.3 is 0 Å². The first-order valence-electron chi connectivity index (χ1n) is 5.16. The lowest BCUT2D eigenvalue weighted by Gasteiger charge is -2.33. The summed E-state index contributed by atoms with van der Waals surface area (Å²) in [5.74, 6) is 1.67. The summed E-state index contributed by atoms with van der Waals surface area (Å²) in [5, 5.41) is 4.17. The van der Waals surface area contributed by atoms with Crippen molar-refractivity contribution in [3.8, 4) is 0 Å². The first-order valence-corrected chi connectivity index (χ1v) is 5.54. The molecule has 0 radical (unpaired) electrons. The van der Waals surface area contributed by atoms with Crippen molar-refractivity contribution in [3.05, 3.63) is 11.6 Å². The zero-order valence-corrected chi connectivity index (χ0v) is 9.40. The van der Waals surface area contributed by atoms with E-state index in [9.17, 15) is 0 Å². The quantitative estimate of drug-likeness (QED) is 0.740. The highest BCUT2D eigenvalue weighted by atomic mass is 35.5. The summed E-state index contributed by atoms with van der Waals surface area (Å²) in [6.45, 7) is 9.10. The summed E-state index contributed by atoms with van der Waals surface area (Å²) < 4.78 is 0. The predicted octanol–water partition coefficient (Wildman–Crippen LogP) is 3.15. The van der Waals surface area contributed by atoms with E-state index in [0.29, 0.717) is 11.1 Å². The van der Waals surface area contributed by atoms with E-state index in [1.54, 1.807) is 0 Å². The highest BCUT2D eigenvalue weighted by Crippen LogP contribution is 2.28. The molecule has 0 aromatic heterocycles. The van der Waals surface area contributed by atoms with Gasteiger partial charge in [0.15, 0.2) is 0 Å². The number of halogens is 1. The fraction of sp³-hybridized carbons (Fsp3) is 0.818. The molecule has 13 heavy (non-hydrogen) atoms. The van der Waals surface area contributed by atoms with Crippen LogP contribution in [0.4, 0.5) is 0 Å². The first kappa shape index (κ1) is 11.1. The van der Waals surface area contributed by atoms with Crippen LogP contribution in [0, 0.1) is 11.8 Å². The van der Waals surface area contributed by atoms with Gasteiger partial charge in [0, 0.05) is 17.6 Å². The Balaban J connectivity index is 2.29. The van der Waals surface area contributed by atoms with Crippen LogP contribution in [0.3, 0.4) is 0 Å². The van der Waals surface area contributed by atoms with Gasteiger partial charge in [-0.25, -0.2) is 0 Å². The monoisotopic (exact) mass is 201 g/mol. The van der Waals surface area contributed by atoms with Gasteiger partial charge in [0.1, 0.15) is 0 Å². The van der Waals surface area contributed by atoms with E-state index in [4.69, 9.17) is 11.6 Å². The third-order valence-electron chi connectivity index (χ3n) is 2.99. The van der Waals surface area contributed by atoms with E-state index in [0.717, 1.165) is 18.4 Å². The second-order valence-electron chi connectivity index (χ2n) is 4.40. The largest absolute Gasteiger partial charge is 0.309 e. The van der Waals surface area contributed by atoms with Crippen molar-refractivity contribution < 1.29 is 0 Å². The maximum Gasteiger partial charge on any atom is 0.0310 e. The zero-order valence-electron chi connectivity index (χ0n) is 8.65. The normalized spacial score (nSPS) is 34.5. The molecule has 1 rings (SSSR count). The topological polar surface area (TPSA) is 12.0 Å². The van der Waals surface area contributed by atoms with Gasteiger partial charge in [-0.15, -0.1) is 0 Å². The van der Waals surface area contributed by atoms with Gasteiger partial charge in [-0.2, -0.15) is 0 Å². The Labute approximate surface area is 86.5 Å². The molecule has 0 amide bonds. The van der Waals surface area contributed by atoms with Gasteiger partial charge in [0.2, 0.25) is 0 Å². The van der Waals surface area contributed by atoms with Crippen LogP contribution in [0.25, 0.3) is 0 Å². The second kappa shape index (κ2) is 5.02. The van der Waals surface area contributed by atoms with Crippen molar-refractivity contribution in [2.24, 2.45) is 11.8 Å². The Bertz CT molecular complexity index is 179. The average Bonchev–Trinajstić information content (AvgIpc) is 2.02. The highest BCUT2D eigenvalue weighted by molar-refractivity contribution is 6.29. The molecular weight excluding hydrogens is 182 g/mol. The van der Waals surface area contributed by atoms with E-state index in [1.807, 2.05) is 0 Å². The van der Waals surface area contributed by atoms with Gasteiger partial charge < -0.3 is 5.32 Å². The summed E-state index contributed by atoms with van der Waals surface area (Å²) in [5.41, 5.74) is 0. The molecule has 0 saturated heterocycles. The van der Waals surface area contributed by atoms with Gasteiger partial charge in [0.05, 0.1) is 0 Å². The van der Waals surface area contributed by atoms with Crippen LogP contribution in [0.2, 0.25) is 0 Å². The van der Waals surface area contributed by atoms with Gasteiger partial charge in [-0.1, -0.05) is 32.0 Å². The maximum absolute atomic E-state index is 5.72. The molecule has 0 aromatic rings. The Morgan fingerprint density at radius 1 is 1.46 bits per heavy atom. The molecule has 1 N–H and O–H groups in total. The van der Waals surface area contributed by atoms with Crippen molar-refractivity contribution >= 4 is 11.6 Å². The standard InChI is InChI=1S/C11H20ClN/c1-8-4-5-11(9(2)6-8)13-7-10(3)12/h8-9,11,13H,3-7H2,1-2H3. The lowest BCUT2D eigenvalue weighted by molar-refractivity contribution is 0.233. The van der Waals surface area contributed by atoms with E-state index in [1.165, 1.54) is 19.3 Å². The smallest absolute Gasteiger partial charge is 0.0310 e. The Morgan fingerprint density at radius 3 is 2.69 bits per heavy atom. The van der Waals surface area contributed by atoms with Crippen LogP contribution in [-0.2, 0) is 0 Å². The molecular formula is C11H20ClN. The van der Waals surface area contributed by atoms with E-state index in [2.05, 4.69) is 25.7 Å². The minimum Gasteiger partial charge on any atom is -0.309 e. The zero-order chi connectivity index (χ0) is 9.84. The minimum absolute atomic E-state index is 0.645. The molecule has 1 fully saturated rings. The minimum atomic E-state index is 0.645. The fourth-order valence-electron chi connectivity index (χ4n) is 2.21. The Kier molecular flexibility index (Phi) is 4.27. The second-order valence-corrected chi connectivity index (χ2v) is 4.93. The van der Waals surface area contributed by atoms with Crippen LogP contribution in [-0.4, -0.2) is 12.6 Å². The average molecular weight is 202 g/mol. The number of nitrogens with one attached hydrogen (secondary N) is 1. The summed E-state index contributed by atoms with van der Waals surface area (Å²) in [6.07, 6.45) is 3.97. The summed E-state index contributed by atoms with van der Waals surface area (Å²) >= 11 is 5.72. The fourth-order valence-corrected chi connectivity index (χ4v) is 2.29. The summed E-state index contributed by atoms with van der Waals surface area (Å²) in [4.78, 5) is 0. The summed E-state index contributed by atoms with van der Waals surface area (Å²) in [6, 6.07) is 0.645. The van der Waals surface area contributed by atoms with Crippen molar-refractivity contribution in [2.45, 2.75) is 39.2 Å². The number of rotatable bonds is 3. The van der Waals surface area contributed by atoms with Crippen LogP contribution < -0.4 is 5.32 Å². The van der Waals surface area contributed by atoms with E-state index in [-0.39, 0.29) is 0 Å². The molecule has 0 bridgehead atoms. The first-order chi connectivity index (χ1) is 6.09. The van der Waals surface area contributed by atoms with Gasteiger partial charge in [-0.3, -0.25) is 0 Å². The van der Waals surface area contributed by atoms with Crippen LogP contribution in [0.5, 0.6) is 0 Å². The lowest BCUT2D eigenvalue weighted by Crippen LogP contribution is -2.39. The Hall–Kier alpha value is -0.0100. The van der Waals surface area contributed by atoms with Crippen molar-refractivity contribution in [1.82, 2.24) is 5.32 Å². The SMILES string of the molecule is C=C(Cl)CNC1CCC(C)CC1C. The summed E-state index contributed by atoms with van der Waals surface area (Å²) in [7, 11) is 0. The number of hydrogen-bond donors (Lipinski definition) is 1. The molecule has 1 saturated carbocycles. The molecule has 0 aromatic carbocycles. The third kappa shape index (κ3) is 3.70. The number of hydrogen-bond acceptors (Lipinski definition) is 1. The molecule has 0 aliphatic heterocycles. The van der Waals surface area contributed by atoms with Gasteiger partial charge in [-0.05, 0) is 31.1 Å². The van der Waals surface area contributed by atoms with Crippen LogP contribution >= 0.6 is 11.6 Å². The molecule has 0 spiro atoms. The molecule has 0 heterocycles. The van der Waals surface area contributed by atoms with Crippen LogP contribution in [0.15, 0.2) is 11.6 Å². The highest BCUT2D eigenvalue weighted by Gasteiger charge is 2.24. The lowest BCUT2D eigenvalue weighted by atomic mass is 9.80. The molecule has 76 valence electrons.